The van der Waals surface area contributed by atoms with Crippen molar-refractivity contribution in [1.82, 2.24) is 9.88 Å². The van der Waals surface area contributed by atoms with Crippen molar-refractivity contribution in [3.8, 4) is 5.75 Å². The van der Waals surface area contributed by atoms with Crippen molar-refractivity contribution >= 4 is 33.2 Å². The number of hydrogen-bond donors (Lipinski definition) is 1. The van der Waals surface area contributed by atoms with Crippen LogP contribution in [0.1, 0.15) is 21.1 Å². The van der Waals surface area contributed by atoms with Gasteiger partial charge in [-0.05, 0) is 18.2 Å². The Hall–Kier alpha value is -1.44. The molecule has 2 rings (SSSR count). The summed E-state index contributed by atoms with van der Waals surface area (Å²) in [6, 6.07) is 5.71. The van der Waals surface area contributed by atoms with Crippen LogP contribution in [-0.4, -0.2) is 29.9 Å². The molecular formula is C14H16BrN3O2S. The predicted molar refractivity (Wildman–Crippen MR) is 86.5 cm³/mol. The molecule has 0 saturated heterocycles. The molecule has 1 amide bonds. The molecule has 0 bridgehead atoms. The van der Waals surface area contributed by atoms with E-state index < -0.39 is 0 Å². The van der Waals surface area contributed by atoms with Crippen molar-refractivity contribution in [3.63, 3.8) is 0 Å². The van der Waals surface area contributed by atoms with Gasteiger partial charge in [-0.1, -0.05) is 15.9 Å². The smallest absolute Gasteiger partial charge is 0.273 e. The van der Waals surface area contributed by atoms with Gasteiger partial charge >= 0.3 is 0 Å². The van der Waals surface area contributed by atoms with Crippen molar-refractivity contribution in [3.05, 3.63) is 44.3 Å². The summed E-state index contributed by atoms with van der Waals surface area (Å²) in [5.74, 6) is 0.617. The largest absolute Gasteiger partial charge is 0.496 e. The van der Waals surface area contributed by atoms with E-state index in [1.807, 2.05) is 18.2 Å². The minimum atomic E-state index is -0.132. The minimum absolute atomic E-state index is 0.132. The van der Waals surface area contributed by atoms with Gasteiger partial charge in [0.25, 0.3) is 5.91 Å². The summed E-state index contributed by atoms with van der Waals surface area (Å²) in [5, 5.41) is 2.49. The number of ether oxygens (including phenoxy) is 1. The highest BCUT2D eigenvalue weighted by molar-refractivity contribution is 9.10. The monoisotopic (exact) mass is 369 g/mol. The molecule has 0 fully saturated rings. The number of thiazole rings is 1. The highest BCUT2D eigenvalue weighted by atomic mass is 79.9. The van der Waals surface area contributed by atoms with Crippen molar-refractivity contribution in [2.75, 3.05) is 14.2 Å². The second-order valence-electron chi connectivity index (χ2n) is 4.45. The van der Waals surface area contributed by atoms with Crippen molar-refractivity contribution in [2.45, 2.75) is 13.1 Å². The Labute approximate surface area is 135 Å². The standard InChI is InChI=1S/C14H16BrN3O2S/c1-18(14(19)11-8-21-13(6-16)17-11)7-9-5-10(15)3-4-12(9)20-2/h3-5,8H,6-7,16H2,1-2H3. The third-order valence-electron chi connectivity index (χ3n) is 2.94. The first-order valence-corrected chi connectivity index (χ1v) is 7.94. The first kappa shape index (κ1) is 15.9. The minimum Gasteiger partial charge on any atom is -0.496 e. The van der Waals surface area contributed by atoms with Crippen LogP contribution in [0.2, 0.25) is 0 Å². The summed E-state index contributed by atoms with van der Waals surface area (Å²) in [7, 11) is 3.35. The molecule has 0 saturated carbocycles. The summed E-state index contributed by atoms with van der Waals surface area (Å²) in [5.41, 5.74) is 6.87. The Bertz CT molecular complexity index is 645. The number of amides is 1. The third-order valence-corrected chi connectivity index (χ3v) is 4.31. The lowest BCUT2D eigenvalue weighted by atomic mass is 10.2. The molecule has 1 aromatic heterocycles. The van der Waals surface area contributed by atoms with Crippen LogP contribution in [0.25, 0.3) is 0 Å². The zero-order valence-corrected chi connectivity index (χ0v) is 14.2. The molecule has 1 aromatic carbocycles. The molecule has 1 heterocycles. The van der Waals surface area contributed by atoms with Gasteiger partial charge in [0.05, 0.1) is 7.11 Å². The Morgan fingerprint density at radius 1 is 1.52 bits per heavy atom. The summed E-state index contributed by atoms with van der Waals surface area (Å²) < 4.78 is 6.26. The van der Waals surface area contributed by atoms with E-state index in [-0.39, 0.29) is 5.91 Å². The van der Waals surface area contributed by atoms with Crippen LogP contribution in [-0.2, 0) is 13.1 Å². The number of carbonyl (C=O) groups excluding carboxylic acids is 1. The van der Waals surface area contributed by atoms with Crippen molar-refractivity contribution in [1.29, 1.82) is 0 Å². The summed E-state index contributed by atoms with van der Waals surface area (Å²) >= 11 is 4.82. The second kappa shape index (κ2) is 7.02. The Morgan fingerprint density at radius 2 is 2.29 bits per heavy atom. The van der Waals surface area contributed by atoms with Crippen LogP contribution >= 0.6 is 27.3 Å². The van der Waals surface area contributed by atoms with Crippen LogP contribution in [0, 0.1) is 0 Å². The van der Waals surface area contributed by atoms with E-state index in [1.165, 1.54) is 11.3 Å². The number of methoxy groups -OCH3 is 1. The van der Waals surface area contributed by atoms with Crippen LogP contribution in [0.3, 0.4) is 0 Å². The molecule has 0 radical (unpaired) electrons. The molecule has 2 aromatic rings. The zero-order valence-electron chi connectivity index (χ0n) is 11.8. The highest BCUT2D eigenvalue weighted by Crippen LogP contribution is 2.24. The predicted octanol–water partition coefficient (Wildman–Crippen LogP) is 2.65. The Balaban J connectivity index is 2.15. The van der Waals surface area contributed by atoms with E-state index in [1.54, 1.807) is 24.4 Å². The van der Waals surface area contributed by atoms with E-state index >= 15 is 0 Å². The number of benzene rings is 1. The molecule has 0 aliphatic heterocycles. The molecular weight excluding hydrogens is 354 g/mol. The maximum atomic E-state index is 12.3. The fourth-order valence-corrected chi connectivity index (χ4v) is 2.95. The molecule has 21 heavy (non-hydrogen) atoms. The van der Waals surface area contributed by atoms with Gasteiger partial charge in [-0.3, -0.25) is 4.79 Å². The molecule has 2 N–H and O–H groups in total. The van der Waals surface area contributed by atoms with Gasteiger partial charge < -0.3 is 15.4 Å². The first-order chi connectivity index (χ1) is 10.0. The molecule has 0 atom stereocenters. The van der Waals surface area contributed by atoms with Gasteiger partial charge in [-0.15, -0.1) is 11.3 Å². The second-order valence-corrected chi connectivity index (χ2v) is 6.31. The summed E-state index contributed by atoms with van der Waals surface area (Å²) in [6.07, 6.45) is 0. The first-order valence-electron chi connectivity index (χ1n) is 6.27. The average molecular weight is 370 g/mol. The molecule has 7 heteroatoms. The van der Waals surface area contributed by atoms with E-state index in [4.69, 9.17) is 10.5 Å². The van der Waals surface area contributed by atoms with E-state index in [9.17, 15) is 4.79 Å². The van der Waals surface area contributed by atoms with Crippen molar-refractivity contribution in [2.24, 2.45) is 5.73 Å². The maximum Gasteiger partial charge on any atom is 0.273 e. The lowest BCUT2D eigenvalue weighted by Gasteiger charge is -2.18. The SMILES string of the molecule is COc1ccc(Br)cc1CN(C)C(=O)c1csc(CN)n1. The summed E-state index contributed by atoms with van der Waals surface area (Å²) in [6.45, 7) is 0.790. The molecule has 0 aliphatic rings. The van der Waals surface area contributed by atoms with Crippen LogP contribution in [0.4, 0.5) is 0 Å². The van der Waals surface area contributed by atoms with Gasteiger partial charge in [0.2, 0.25) is 0 Å². The molecule has 112 valence electrons. The maximum absolute atomic E-state index is 12.3. The number of nitrogens with two attached hydrogens (primary N) is 1. The van der Waals surface area contributed by atoms with Crippen LogP contribution in [0.15, 0.2) is 28.1 Å². The number of hydrogen-bond acceptors (Lipinski definition) is 5. The molecule has 0 aliphatic carbocycles. The van der Waals surface area contributed by atoms with E-state index in [0.29, 0.717) is 18.8 Å². The zero-order chi connectivity index (χ0) is 15.4. The lowest BCUT2D eigenvalue weighted by molar-refractivity contribution is 0.0779. The topological polar surface area (TPSA) is 68.5 Å². The third kappa shape index (κ3) is 3.81. The normalized spacial score (nSPS) is 10.5. The van der Waals surface area contributed by atoms with Crippen molar-refractivity contribution < 1.29 is 9.53 Å². The van der Waals surface area contributed by atoms with Gasteiger partial charge in [-0.25, -0.2) is 4.98 Å². The van der Waals surface area contributed by atoms with Gasteiger partial charge in [0.1, 0.15) is 16.5 Å². The number of carbonyl (C=O) groups is 1. The average Bonchev–Trinajstić information content (AvgIpc) is 2.95. The molecule has 5 nitrogen and oxygen atoms in total. The highest BCUT2D eigenvalue weighted by Gasteiger charge is 2.17. The van der Waals surface area contributed by atoms with Gasteiger partial charge in [0, 0.05) is 35.6 Å². The number of aromatic nitrogens is 1. The van der Waals surface area contributed by atoms with Crippen LogP contribution < -0.4 is 10.5 Å². The van der Waals surface area contributed by atoms with Crippen LogP contribution in [0.5, 0.6) is 5.75 Å². The fraction of sp³-hybridized carbons (Fsp3) is 0.286. The molecule has 0 spiro atoms. The van der Waals surface area contributed by atoms with E-state index in [2.05, 4.69) is 20.9 Å². The van der Waals surface area contributed by atoms with Gasteiger partial charge in [0.15, 0.2) is 0 Å². The Kier molecular flexibility index (Phi) is 5.33. The lowest BCUT2D eigenvalue weighted by Crippen LogP contribution is -2.26. The Morgan fingerprint density at radius 3 is 2.90 bits per heavy atom. The number of nitrogens with zero attached hydrogens (tertiary/aromatic N) is 2. The number of halogens is 1. The summed E-state index contributed by atoms with van der Waals surface area (Å²) in [4.78, 5) is 18.2. The van der Waals surface area contributed by atoms with Gasteiger partial charge in [-0.2, -0.15) is 0 Å². The number of rotatable bonds is 5. The molecule has 0 unspecified atom stereocenters. The van der Waals surface area contributed by atoms with E-state index in [0.717, 1.165) is 20.8 Å². The quantitative estimate of drug-likeness (QED) is 0.879. The fourth-order valence-electron chi connectivity index (χ4n) is 1.90.